The summed E-state index contributed by atoms with van der Waals surface area (Å²) in [5, 5.41) is 0. The molecule has 1 unspecified atom stereocenters. The molecule has 1 aromatic carbocycles. The molecule has 158 valence electrons. The largest absolute Gasteiger partial charge is 0.496 e. The zero-order valence-corrected chi connectivity index (χ0v) is 18.4. The zero-order valence-electron chi connectivity index (χ0n) is 17.6. The number of aliphatic imine (C=N–C) groups is 1. The standard InChI is InChI=1S/C20H33N3O4S/c1-6-23-10-8-9-15(23)13-22-20(27-14(3)4)16-11-19(28(24,25)7-2)17(21)12-18(16)26-5/h11-12,14-15H,6-10,13,21H2,1-5H3/b22-20-. The summed E-state index contributed by atoms with van der Waals surface area (Å²) in [7, 11) is -1.96. The second kappa shape index (κ2) is 9.60. The van der Waals surface area contributed by atoms with Crippen molar-refractivity contribution in [2.45, 2.75) is 57.6 Å². The topological polar surface area (TPSA) is 94.2 Å². The molecule has 1 aliphatic rings. The van der Waals surface area contributed by atoms with Crippen molar-refractivity contribution in [2.75, 3.05) is 38.2 Å². The molecular weight excluding hydrogens is 378 g/mol. The van der Waals surface area contributed by atoms with Crippen molar-refractivity contribution >= 4 is 21.4 Å². The molecule has 0 amide bonds. The van der Waals surface area contributed by atoms with Crippen molar-refractivity contribution < 1.29 is 17.9 Å². The Balaban J connectivity index is 2.49. The molecule has 0 bridgehead atoms. The van der Waals surface area contributed by atoms with E-state index in [0.29, 0.717) is 29.8 Å². The van der Waals surface area contributed by atoms with E-state index in [4.69, 9.17) is 20.2 Å². The van der Waals surface area contributed by atoms with Gasteiger partial charge in [-0.15, -0.1) is 0 Å². The maximum absolute atomic E-state index is 12.5. The highest BCUT2D eigenvalue weighted by molar-refractivity contribution is 7.91. The molecule has 28 heavy (non-hydrogen) atoms. The Hall–Kier alpha value is -1.80. The summed E-state index contributed by atoms with van der Waals surface area (Å²) < 4.78 is 36.3. The van der Waals surface area contributed by atoms with Crippen molar-refractivity contribution in [2.24, 2.45) is 4.99 Å². The Morgan fingerprint density at radius 2 is 2.07 bits per heavy atom. The lowest BCUT2D eigenvalue weighted by Crippen LogP contribution is -2.32. The fourth-order valence-corrected chi connectivity index (χ4v) is 4.48. The maximum atomic E-state index is 12.5. The average molecular weight is 412 g/mol. The van der Waals surface area contributed by atoms with Gasteiger partial charge in [-0.25, -0.2) is 13.4 Å². The van der Waals surface area contributed by atoms with Crippen LogP contribution in [0.1, 0.15) is 46.1 Å². The number of hydrogen-bond donors (Lipinski definition) is 1. The zero-order chi connectivity index (χ0) is 20.9. The summed E-state index contributed by atoms with van der Waals surface area (Å²) in [6.45, 7) is 10.2. The molecule has 1 saturated heterocycles. The van der Waals surface area contributed by atoms with E-state index in [-0.39, 0.29) is 22.4 Å². The lowest BCUT2D eigenvalue weighted by Gasteiger charge is -2.22. The van der Waals surface area contributed by atoms with Crippen LogP contribution < -0.4 is 10.5 Å². The van der Waals surface area contributed by atoms with Crippen LogP contribution in [0.25, 0.3) is 0 Å². The minimum Gasteiger partial charge on any atom is -0.496 e. The number of likely N-dealkylation sites (N-methyl/N-ethyl adjacent to an activating group) is 1. The first-order valence-electron chi connectivity index (χ1n) is 9.89. The van der Waals surface area contributed by atoms with Crippen molar-refractivity contribution in [3.05, 3.63) is 17.7 Å². The van der Waals surface area contributed by atoms with Gasteiger partial charge >= 0.3 is 0 Å². The van der Waals surface area contributed by atoms with Crippen LogP contribution in [0.15, 0.2) is 22.0 Å². The van der Waals surface area contributed by atoms with Crippen LogP contribution >= 0.6 is 0 Å². The third kappa shape index (κ3) is 5.17. The number of rotatable bonds is 8. The van der Waals surface area contributed by atoms with Crippen molar-refractivity contribution in [3.63, 3.8) is 0 Å². The summed E-state index contributed by atoms with van der Waals surface area (Å²) >= 11 is 0. The van der Waals surface area contributed by atoms with E-state index < -0.39 is 9.84 Å². The van der Waals surface area contributed by atoms with Crippen LogP contribution in [0.3, 0.4) is 0 Å². The maximum Gasteiger partial charge on any atom is 0.220 e. The third-order valence-electron chi connectivity index (χ3n) is 4.98. The van der Waals surface area contributed by atoms with Gasteiger partial charge in [0.25, 0.3) is 0 Å². The molecule has 0 saturated carbocycles. The molecule has 0 aliphatic carbocycles. The van der Waals surface area contributed by atoms with Crippen LogP contribution in [0, 0.1) is 0 Å². The van der Waals surface area contributed by atoms with E-state index in [2.05, 4.69) is 11.8 Å². The number of benzene rings is 1. The molecule has 1 aliphatic heterocycles. The van der Waals surface area contributed by atoms with Gasteiger partial charge in [-0.05, 0) is 45.8 Å². The Morgan fingerprint density at radius 1 is 1.36 bits per heavy atom. The fraction of sp³-hybridized carbons (Fsp3) is 0.650. The first-order chi connectivity index (χ1) is 13.2. The van der Waals surface area contributed by atoms with E-state index in [1.54, 1.807) is 6.92 Å². The molecule has 1 atom stereocenters. The highest BCUT2D eigenvalue weighted by Crippen LogP contribution is 2.30. The van der Waals surface area contributed by atoms with Gasteiger partial charge in [0, 0.05) is 12.1 Å². The number of methoxy groups -OCH3 is 1. The number of nitrogens with two attached hydrogens (primary N) is 1. The minimum absolute atomic E-state index is 0.0337. The van der Waals surface area contributed by atoms with Gasteiger partial charge in [0.05, 0.1) is 41.7 Å². The molecule has 2 rings (SSSR count). The van der Waals surface area contributed by atoms with E-state index in [9.17, 15) is 8.42 Å². The number of likely N-dealkylation sites (tertiary alicyclic amines) is 1. The SMILES string of the molecule is CCN1CCCC1C/N=C(\OC(C)C)c1cc(S(=O)(=O)CC)c(N)cc1OC. The Labute approximate surface area is 168 Å². The quantitative estimate of drug-likeness (QED) is 0.402. The number of nitrogens with zero attached hydrogens (tertiary/aromatic N) is 2. The number of ether oxygens (including phenoxy) is 2. The van der Waals surface area contributed by atoms with Gasteiger partial charge in [-0.2, -0.15) is 0 Å². The molecule has 0 radical (unpaired) electrons. The van der Waals surface area contributed by atoms with Gasteiger partial charge in [-0.1, -0.05) is 13.8 Å². The summed E-state index contributed by atoms with van der Waals surface area (Å²) in [6.07, 6.45) is 2.15. The second-order valence-electron chi connectivity index (χ2n) is 7.23. The number of anilines is 1. The summed E-state index contributed by atoms with van der Waals surface area (Å²) in [5.74, 6) is 0.807. The minimum atomic E-state index is -3.48. The highest BCUT2D eigenvalue weighted by atomic mass is 32.2. The molecule has 1 fully saturated rings. The molecule has 1 heterocycles. The monoisotopic (exact) mass is 411 g/mol. The van der Waals surface area contributed by atoms with Crippen molar-refractivity contribution in [1.82, 2.24) is 4.90 Å². The summed E-state index contributed by atoms with van der Waals surface area (Å²) in [6, 6.07) is 3.43. The smallest absolute Gasteiger partial charge is 0.220 e. The van der Waals surface area contributed by atoms with E-state index in [1.165, 1.54) is 25.7 Å². The normalized spacial score (nSPS) is 18.6. The van der Waals surface area contributed by atoms with Crippen molar-refractivity contribution in [1.29, 1.82) is 0 Å². The molecule has 1 aromatic rings. The van der Waals surface area contributed by atoms with Crippen LogP contribution in [-0.4, -0.2) is 63.9 Å². The van der Waals surface area contributed by atoms with Gasteiger partial charge in [0.15, 0.2) is 9.84 Å². The first kappa shape index (κ1) is 22.5. The molecule has 8 heteroatoms. The summed E-state index contributed by atoms with van der Waals surface area (Å²) in [5.41, 5.74) is 6.67. The van der Waals surface area contributed by atoms with E-state index >= 15 is 0 Å². The second-order valence-corrected chi connectivity index (χ2v) is 9.48. The Kier molecular flexibility index (Phi) is 7.71. The van der Waals surface area contributed by atoms with E-state index in [0.717, 1.165) is 19.5 Å². The third-order valence-corrected chi connectivity index (χ3v) is 6.76. The number of sulfone groups is 1. The fourth-order valence-electron chi connectivity index (χ4n) is 3.45. The van der Waals surface area contributed by atoms with Gasteiger partial charge < -0.3 is 15.2 Å². The first-order valence-corrected chi connectivity index (χ1v) is 11.5. The number of nitrogen functional groups attached to an aromatic ring is 1. The molecule has 2 N–H and O–H groups in total. The highest BCUT2D eigenvalue weighted by Gasteiger charge is 2.25. The van der Waals surface area contributed by atoms with Gasteiger partial charge in [0.2, 0.25) is 5.90 Å². The van der Waals surface area contributed by atoms with Crippen LogP contribution in [-0.2, 0) is 14.6 Å². The van der Waals surface area contributed by atoms with Gasteiger partial charge in [-0.3, -0.25) is 4.90 Å². The van der Waals surface area contributed by atoms with Crippen LogP contribution in [0.5, 0.6) is 5.75 Å². The lowest BCUT2D eigenvalue weighted by atomic mass is 10.1. The summed E-state index contributed by atoms with van der Waals surface area (Å²) in [4.78, 5) is 7.23. The Morgan fingerprint density at radius 3 is 2.64 bits per heavy atom. The predicted octanol–water partition coefficient (Wildman–Crippen LogP) is 2.73. The van der Waals surface area contributed by atoms with Crippen molar-refractivity contribution in [3.8, 4) is 5.75 Å². The molecular formula is C20H33N3O4S. The van der Waals surface area contributed by atoms with Crippen LogP contribution in [0.4, 0.5) is 5.69 Å². The van der Waals surface area contributed by atoms with Crippen LogP contribution in [0.2, 0.25) is 0 Å². The number of hydrogen-bond acceptors (Lipinski definition) is 7. The van der Waals surface area contributed by atoms with Gasteiger partial charge in [0.1, 0.15) is 5.75 Å². The van der Waals surface area contributed by atoms with E-state index in [1.807, 2.05) is 13.8 Å². The molecule has 7 nitrogen and oxygen atoms in total. The lowest BCUT2D eigenvalue weighted by molar-refractivity contribution is 0.224. The Bertz CT molecular complexity index is 806. The molecule has 0 aromatic heterocycles. The molecule has 0 spiro atoms. The predicted molar refractivity (Wildman–Crippen MR) is 113 cm³/mol. The average Bonchev–Trinajstić information content (AvgIpc) is 3.12.